The van der Waals surface area contributed by atoms with Gasteiger partial charge < -0.3 is 5.32 Å². The van der Waals surface area contributed by atoms with Crippen molar-refractivity contribution < 1.29 is 31.2 Å². The smallest absolute Gasteiger partial charge is 0.326 e. The summed E-state index contributed by atoms with van der Waals surface area (Å²) in [6, 6.07) is 9.60. The van der Waals surface area contributed by atoms with E-state index < -0.39 is 27.7 Å². The van der Waals surface area contributed by atoms with Gasteiger partial charge in [0.05, 0.1) is 10.5 Å². The molecule has 0 aromatic heterocycles. The SMILES string of the molecule is CC(=O)c1ccc(S(=O)(=O)N(C)CCCC(=O)Nc2ccc(C(F)(F)F)cc2)cc1. The summed E-state index contributed by atoms with van der Waals surface area (Å²) in [7, 11) is -2.40. The van der Waals surface area contributed by atoms with Crippen molar-refractivity contribution in [1.29, 1.82) is 0 Å². The molecule has 30 heavy (non-hydrogen) atoms. The predicted octanol–water partition coefficient (Wildman–Crippen LogP) is 3.95. The van der Waals surface area contributed by atoms with E-state index >= 15 is 0 Å². The number of carbonyl (C=O) groups is 2. The van der Waals surface area contributed by atoms with Crippen molar-refractivity contribution in [3.8, 4) is 0 Å². The normalized spacial score (nSPS) is 12.1. The molecular weight excluding hydrogens is 421 g/mol. The molecule has 0 unspecified atom stereocenters. The molecule has 0 fully saturated rings. The Balaban J connectivity index is 1.87. The van der Waals surface area contributed by atoms with E-state index in [0.717, 1.165) is 28.6 Å². The molecule has 0 saturated carbocycles. The van der Waals surface area contributed by atoms with Crippen LogP contribution in [0.2, 0.25) is 0 Å². The maximum atomic E-state index is 12.5. The maximum absolute atomic E-state index is 12.5. The summed E-state index contributed by atoms with van der Waals surface area (Å²) in [6.07, 6.45) is -4.25. The molecule has 0 bridgehead atoms. The number of benzene rings is 2. The van der Waals surface area contributed by atoms with E-state index in [4.69, 9.17) is 0 Å². The van der Waals surface area contributed by atoms with E-state index in [2.05, 4.69) is 5.32 Å². The van der Waals surface area contributed by atoms with Gasteiger partial charge in [0.15, 0.2) is 5.78 Å². The third kappa shape index (κ3) is 6.14. The molecule has 2 rings (SSSR count). The first kappa shape index (κ1) is 23.6. The van der Waals surface area contributed by atoms with Gasteiger partial charge in [-0.3, -0.25) is 9.59 Å². The molecule has 0 saturated heterocycles. The van der Waals surface area contributed by atoms with Crippen molar-refractivity contribution in [3.63, 3.8) is 0 Å². The maximum Gasteiger partial charge on any atom is 0.416 e. The molecular formula is C20H21F3N2O4S. The highest BCUT2D eigenvalue weighted by Gasteiger charge is 2.30. The summed E-state index contributed by atoms with van der Waals surface area (Å²) in [6.45, 7) is 1.45. The molecule has 0 radical (unpaired) electrons. The number of alkyl halides is 3. The van der Waals surface area contributed by atoms with E-state index in [1.807, 2.05) is 0 Å². The molecule has 10 heteroatoms. The van der Waals surface area contributed by atoms with Gasteiger partial charge in [0.2, 0.25) is 15.9 Å². The van der Waals surface area contributed by atoms with E-state index in [-0.39, 0.29) is 35.8 Å². The number of amides is 1. The van der Waals surface area contributed by atoms with Crippen LogP contribution >= 0.6 is 0 Å². The summed E-state index contributed by atoms with van der Waals surface area (Å²) in [4.78, 5) is 23.3. The Morgan fingerprint density at radius 3 is 2.07 bits per heavy atom. The first-order valence-electron chi connectivity index (χ1n) is 8.95. The number of nitrogens with one attached hydrogen (secondary N) is 1. The van der Waals surface area contributed by atoms with Crippen LogP contribution in [0.3, 0.4) is 0 Å². The molecule has 0 atom stereocenters. The minimum atomic E-state index is -4.45. The number of Topliss-reactive ketones (excluding diaryl/α,β-unsaturated/α-hetero) is 1. The molecule has 162 valence electrons. The highest BCUT2D eigenvalue weighted by atomic mass is 32.2. The Hall–Kier alpha value is -2.72. The Morgan fingerprint density at radius 2 is 1.57 bits per heavy atom. The van der Waals surface area contributed by atoms with Crippen LogP contribution in [-0.2, 0) is 21.0 Å². The van der Waals surface area contributed by atoms with Gasteiger partial charge in [0.1, 0.15) is 0 Å². The molecule has 0 aliphatic carbocycles. The summed E-state index contributed by atoms with van der Waals surface area (Å²) in [5, 5.41) is 2.48. The van der Waals surface area contributed by atoms with Crippen molar-refractivity contribution >= 4 is 27.4 Å². The fourth-order valence-corrected chi connectivity index (χ4v) is 3.80. The predicted molar refractivity (Wildman–Crippen MR) is 106 cm³/mol. The summed E-state index contributed by atoms with van der Waals surface area (Å²) in [5.74, 6) is -0.613. The fraction of sp³-hybridized carbons (Fsp3) is 0.300. The van der Waals surface area contributed by atoms with Gasteiger partial charge in [0, 0.05) is 31.3 Å². The number of nitrogens with zero attached hydrogens (tertiary/aromatic N) is 1. The molecule has 0 aliphatic rings. The number of ketones is 1. The minimum absolute atomic E-state index is 0.00977. The molecule has 6 nitrogen and oxygen atoms in total. The minimum Gasteiger partial charge on any atom is -0.326 e. The molecule has 0 spiro atoms. The third-order valence-corrected chi connectivity index (χ3v) is 6.21. The van der Waals surface area contributed by atoms with Crippen LogP contribution in [0.15, 0.2) is 53.4 Å². The highest BCUT2D eigenvalue weighted by Crippen LogP contribution is 2.29. The second-order valence-corrected chi connectivity index (χ2v) is 8.68. The van der Waals surface area contributed by atoms with Crippen LogP contribution in [0.25, 0.3) is 0 Å². The summed E-state index contributed by atoms with van der Waals surface area (Å²) >= 11 is 0. The van der Waals surface area contributed by atoms with Gasteiger partial charge in [-0.1, -0.05) is 12.1 Å². The second-order valence-electron chi connectivity index (χ2n) is 6.63. The third-order valence-electron chi connectivity index (χ3n) is 4.34. The van der Waals surface area contributed by atoms with Gasteiger partial charge >= 0.3 is 6.18 Å². The molecule has 1 N–H and O–H groups in total. The average Bonchev–Trinajstić information content (AvgIpc) is 2.67. The van der Waals surface area contributed by atoms with Crippen LogP contribution in [0.5, 0.6) is 0 Å². The lowest BCUT2D eigenvalue weighted by Gasteiger charge is -2.17. The second kappa shape index (κ2) is 9.40. The number of carbonyl (C=O) groups excluding carboxylic acids is 2. The first-order chi connectivity index (χ1) is 13.9. The lowest BCUT2D eigenvalue weighted by molar-refractivity contribution is -0.137. The number of anilines is 1. The van der Waals surface area contributed by atoms with Gasteiger partial charge in [-0.15, -0.1) is 0 Å². The lowest BCUT2D eigenvalue weighted by Crippen LogP contribution is -2.28. The van der Waals surface area contributed by atoms with Crippen molar-refractivity contribution in [1.82, 2.24) is 4.31 Å². The monoisotopic (exact) mass is 442 g/mol. The van der Waals surface area contributed by atoms with Crippen LogP contribution in [0.4, 0.5) is 18.9 Å². The Kier molecular flexibility index (Phi) is 7.38. The van der Waals surface area contributed by atoms with E-state index in [1.165, 1.54) is 38.2 Å². The van der Waals surface area contributed by atoms with Gasteiger partial charge in [0.25, 0.3) is 0 Å². The summed E-state index contributed by atoms with van der Waals surface area (Å²) in [5.41, 5.74) is -0.195. The number of rotatable bonds is 8. The van der Waals surface area contributed by atoms with Crippen molar-refractivity contribution in [2.45, 2.75) is 30.8 Å². The standard InChI is InChI=1S/C20H21F3N2O4S/c1-14(26)15-5-11-18(12-6-15)30(28,29)25(2)13-3-4-19(27)24-17-9-7-16(8-10-17)20(21,22)23/h5-12H,3-4,13H2,1-2H3,(H,24,27). The van der Waals surface area contributed by atoms with Crippen LogP contribution in [-0.4, -0.2) is 38.0 Å². The van der Waals surface area contributed by atoms with Crippen LogP contribution in [0, 0.1) is 0 Å². The topological polar surface area (TPSA) is 83.6 Å². The quantitative estimate of drug-likeness (QED) is 0.628. The van der Waals surface area contributed by atoms with Crippen molar-refractivity contribution in [2.24, 2.45) is 0 Å². The summed E-state index contributed by atoms with van der Waals surface area (Å²) < 4.78 is 63.8. The van der Waals surface area contributed by atoms with E-state index in [1.54, 1.807) is 0 Å². The Labute approximate surface area is 172 Å². The van der Waals surface area contributed by atoms with Crippen LogP contribution < -0.4 is 5.32 Å². The molecule has 1 amide bonds. The fourth-order valence-electron chi connectivity index (χ4n) is 2.59. The van der Waals surface area contributed by atoms with Crippen molar-refractivity contribution in [3.05, 3.63) is 59.7 Å². The molecule has 0 heterocycles. The lowest BCUT2D eigenvalue weighted by atomic mass is 10.2. The Bertz CT molecular complexity index is 1000. The van der Waals surface area contributed by atoms with Crippen molar-refractivity contribution in [2.75, 3.05) is 18.9 Å². The largest absolute Gasteiger partial charge is 0.416 e. The Morgan fingerprint density at radius 1 is 1.00 bits per heavy atom. The van der Waals surface area contributed by atoms with Crippen LogP contribution in [0.1, 0.15) is 35.7 Å². The molecule has 2 aromatic rings. The zero-order chi connectivity index (χ0) is 22.5. The number of halogens is 3. The molecule has 2 aromatic carbocycles. The number of hydrogen-bond acceptors (Lipinski definition) is 4. The first-order valence-corrected chi connectivity index (χ1v) is 10.4. The zero-order valence-corrected chi connectivity index (χ0v) is 17.2. The van der Waals surface area contributed by atoms with Gasteiger partial charge in [-0.2, -0.15) is 13.2 Å². The van der Waals surface area contributed by atoms with Gasteiger partial charge in [-0.25, -0.2) is 12.7 Å². The highest BCUT2D eigenvalue weighted by molar-refractivity contribution is 7.89. The number of hydrogen-bond donors (Lipinski definition) is 1. The van der Waals surface area contributed by atoms with Gasteiger partial charge in [-0.05, 0) is 49.7 Å². The van der Waals surface area contributed by atoms with E-state index in [0.29, 0.717) is 5.56 Å². The average molecular weight is 442 g/mol. The molecule has 0 aliphatic heterocycles. The van der Waals surface area contributed by atoms with E-state index in [9.17, 15) is 31.2 Å². The zero-order valence-electron chi connectivity index (χ0n) is 16.4. The number of sulfonamides is 1.